The number of nitrogens with zero attached hydrogens (tertiary/aromatic N) is 1. The molecule has 4 heterocycles. The summed E-state index contributed by atoms with van der Waals surface area (Å²) in [5, 5.41) is 7.02. The van der Waals surface area contributed by atoms with Gasteiger partial charge in [0.25, 0.3) is 11.8 Å². The van der Waals surface area contributed by atoms with Crippen molar-refractivity contribution in [2.45, 2.75) is 32.2 Å². The van der Waals surface area contributed by atoms with Gasteiger partial charge < -0.3 is 24.7 Å². The Morgan fingerprint density at radius 2 is 1.89 bits per heavy atom. The maximum Gasteiger partial charge on any atom is 0.287 e. The Balaban J connectivity index is 0.00000304. The molecule has 0 unspecified atom stereocenters. The Morgan fingerprint density at radius 1 is 1.08 bits per heavy atom. The van der Waals surface area contributed by atoms with Crippen molar-refractivity contribution >= 4 is 35.2 Å². The van der Waals surface area contributed by atoms with Crippen LogP contribution in [0.5, 0.6) is 0 Å². The number of fused-ring (bicyclic) bond motifs is 4. The number of carbonyl (C=O) groups is 2. The van der Waals surface area contributed by atoms with Crippen LogP contribution in [0.15, 0.2) is 52.9 Å². The molecule has 192 valence electrons. The van der Waals surface area contributed by atoms with Gasteiger partial charge in [-0.3, -0.25) is 9.59 Å². The highest BCUT2D eigenvalue weighted by atomic mass is 35.5. The lowest BCUT2D eigenvalue weighted by atomic mass is 9.84. The molecule has 36 heavy (non-hydrogen) atoms. The minimum atomic E-state index is -0.161. The van der Waals surface area contributed by atoms with E-state index in [0.29, 0.717) is 42.6 Å². The van der Waals surface area contributed by atoms with Crippen LogP contribution in [-0.2, 0) is 4.74 Å². The van der Waals surface area contributed by atoms with Crippen LogP contribution >= 0.6 is 12.4 Å². The smallest absolute Gasteiger partial charge is 0.287 e. The number of amides is 2. The van der Waals surface area contributed by atoms with Gasteiger partial charge in [-0.1, -0.05) is 30.3 Å². The second kappa shape index (κ2) is 11.9. The molecule has 1 atom stereocenters. The van der Waals surface area contributed by atoms with E-state index in [4.69, 9.17) is 9.15 Å². The van der Waals surface area contributed by atoms with Crippen molar-refractivity contribution in [2.24, 2.45) is 5.92 Å². The predicted molar refractivity (Wildman–Crippen MR) is 143 cm³/mol. The lowest BCUT2D eigenvalue weighted by molar-refractivity contribution is 0.0607. The largest absolute Gasteiger partial charge is 0.450 e. The van der Waals surface area contributed by atoms with Gasteiger partial charge in [-0.15, -0.1) is 12.4 Å². The van der Waals surface area contributed by atoms with E-state index >= 15 is 0 Å². The van der Waals surface area contributed by atoms with Gasteiger partial charge in [0.2, 0.25) is 0 Å². The summed E-state index contributed by atoms with van der Waals surface area (Å²) >= 11 is 0. The molecule has 2 amide bonds. The van der Waals surface area contributed by atoms with E-state index < -0.39 is 0 Å². The van der Waals surface area contributed by atoms with E-state index in [1.807, 2.05) is 49.4 Å². The van der Waals surface area contributed by atoms with E-state index in [9.17, 15) is 9.59 Å². The topological polar surface area (TPSA) is 83.8 Å². The Hall–Kier alpha value is -2.87. The number of hydrogen-bond donors (Lipinski definition) is 2. The molecule has 3 saturated heterocycles. The number of piperidine rings is 3. The number of hydrogen-bond acceptors (Lipinski definition) is 5. The van der Waals surface area contributed by atoms with Crippen molar-refractivity contribution in [1.82, 2.24) is 15.5 Å². The number of benzene rings is 2. The first-order valence-electron chi connectivity index (χ1n) is 12.6. The number of ether oxygens (including phenoxy) is 1. The van der Waals surface area contributed by atoms with Crippen LogP contribution in [0.2, 0.25) is 0 Å². The number of carbonyl (C=O) groups excluding carboxylic acids is 2. The Bertz CT molecular complexity index is 1200. The van der Waals surface area contributed by atoms with Gasteiger partial charge in [-0.25, -0.2) is 0 Å². The molecule has 3 fully saturated rings. The van der Waals surface area contributed by atoms with Gasteiger partial charge >= 0.3 is 0 Å². The second-order valence-electron chi connectivity index (χ2n) is 9.44. The van der Waals surface area contributed by atoms with Gasteiger partial charge in [0.15, 0.2) is 5.76 Å². The molecule has 2 bridgehead atoms. The summed E-state index contributed by atoms with van der Waals surface area (Å²) in [5.74, 6) is 0.600. The lowest BCUT2D eigenvalue weighted by Crippen LogP contribution is -2.57. The van der Waals surface area contributed by atoms with Gasteiger partial charge in [0.1, 0.15) is 5.58 Å². The number of halogens is 1. The van der Waals surface area contributed by atoms with E-state index in [-0.39, 0.29) is 30.3 Å². The Labute approximate surface area is 218 Å². The van der Waals surface area contributed by atoms with Crippen molar-refractivity contribution < 1.29 is 18.7 Å². The standard InChI is InChI=1S/C28H33N3O4.ClH/c1-2-34-15-5-12-29-27(32)22-8-3-6-20(16-22)23-9-4-7-21-17-25(35-26(21)23)28(33)30-24-18-31-13-10-19(24)11-14-31;/h3-4,6-9,16-17,19,24H,2,5,10-15,18H2,1H3,(H,29,32)(H,30,33);1H/t24-;/m1./s1. The van der Waals surface area contributed by atoms with Crippen molar-refractivity contribution in [1.29, 1.82) is 0 Å². The third kappa shape index (κ3) is 5.75. The third-order valence-corrected chi connectivity index (χ3v) is 7.13. The minimum absolute atomic E-state index is 0. The fraction of sp³-hybridized carbons (Fsp3) is 0.429. The molecule has 2 aromatic carbocycles. The fourth-order valence-electron chi connectivity index (χ4n) is 5.22. The molecular formula is C28H34ClN3O4. The first-order valence-corrected chi connectivity index (χ1v) is 12.6. The molecule has 0 radical (unpaired) electrons. The van der Waals surface area contributed by atoms with Gasteiger partial charge in [0, 0.05) is 48.9 Å². The molecule has 3 aromatic rings. The molecular weight excluding hydrogens is 478 g/mol. The molecule has 3 aliphatic rings. The van der Waals surface area contributed by atoms with Crippen molar-refractivity contribution in [3.8, 4) is 11.1 Å². The monoisotopic (exact) mass is 511 g/mol. The van der Waals surface area contributed by atoms with Gasteiger partial charge in [-0.2, -0.15) is 0 Å². The highest BCUT2D eigenvalue weighted by molar-refractivity contribution is 6.01. The second-order valence-corrected chi connectivity index (χ2v) is 9.44. The first kappa shape index (κ1) is 26.2. The highest BCUT2D eigenvalue weighted by Crippen LogP contribution is 2.32. The van der Waals surface area contributed by atoms with E-state index in [0.717, 1.165) is 55.4 Å². The van der Waals surface area contributed by atoms with Crippen LogP contribution in [0.3, 0.4) is 0 Å². The molecule has 0 saturated carbocycles. The van der Waals surface area contributed by atoms with Crippen LogP contribution in [0, 0.1) is 5.92 Å². The fourth-order valence-corrected chi connectivity index (χ4v) is 5.22. The molecule has 7 nitrogen and oxygen atoms in total. The quantitative estimate of drug-likeness (QED) is 0.413. The average Bonchev–Trinajstić information content (AvgIpc) is 3.34. The van der Waals surface area contributed by atoms with E-state index in [2.05, 4.69) is 15.5 Å². The van der Waals surface area contributed by atoms with Crippen LogP contribution < -0.4 is 10.6 Å². The zero-order chi connectivity index (χ0) is 24.2. The maximum absolute atomic E-state index is 13.0. The zero-order valence-electron chi connectivity index (χ0n) is 20.6. The minimum Gasteiger partial charge on any atom is -0.450 e. The maximum atomic E-state index is 13.0. The Kier molecular flexibility index (Phi) is 8.67. The third-order valence-electron chi connectivity index (χ3n) is 7.13. The van der Waals surface area contributed by atoms with E-state index in [1.54, 1.807) is 6.07 Å². The molecule has 2 N–H and O–H groups in total. The van der Waals surface area contributed by atoms with Crippen molar-refractivity contribution in [3.63, 3.8) is 0 Å². The van der Waals surface area contributed by atoms with Crippen LogP contribution in [0.1, 0.15) is 47.1 Å². The van der Waals surface area contributed by atoms with Crippen molar-refractivity contribution in [2.75, 3.05) is 39.4 Å². The number of nitrogens with one attached hydrogen (secondary N) is 2. The van der Waals surface area contributed by atoms with Gasteiger partial charge in [0.05, 0.1) is 0 Å². The highest BCUT2D eigenvalue weighted by Gasteiger charge is 2.35. The molecule has 8 heteroatoms. The number of para-hydroxylation sites is 1. The predicted octanol–water partition coefficient (Wildman–Crippen LogP) is 4.50. The summed E-state index contributed by atoms with van der Waals surface area (Å²) in [6, 6.07) is 15.3. The number of rotatable bonds is 9. The summed E-state index contributed by atoms with van der Waals surface area (Å²) in [4.78, 5) is 28.1. The SMILES string of the molecule is CCOCCCNC(=O)c1cccc(-c2cccc3cc(C(=O)N[C@@H]4CN5CCC4CC5)oc23)c1.Cl. The summed E-state index contributed by atoms with van der Waals surface area (Å²) in [5.41, 5.74) is 2.97. The summed E-state index contributed by atoms with van der Waals surface area (Å²) in [7, 11) is 0. The molecule has 6 rings (SSSR count). The first-order chi connectivity index (χ1) is 17.1. The molecule has 0 spiro atoms. The molecule has 3 aliphatic heterocycles. The van der Waals surface area contributed by atoms with E-state index in [1.165, 1.54) is 0 Å². The summed E-state index contributed by atoms with van der Waals surface area (Å²) in [6.45, 7) is 7.02. The lowest BCUT2D eigenvalue weighted by Gasteiger charge is -2.44. The average molecular weight is 512 g/mol. The number of furan rings is 1. The van der Waals surface area contributed by atoms with Crippen LogP contribution in [0.4, 0.5) is 0 Å². The normalized spacial score (nSPS) is 20.6. The zero-order valence-corrected chi connectivity index (χ0v) is 21.4. The molecule has 0 aliphatic carbocycles. The van der Waals surface area contributed by atoms with Gasteiger partial charge in [-0.05, 0) is 69.0 Å². The summed E-state index contributed by atoms with van der Waals surface area (Å²) < 4.78 is 11.4. The van der Waals surface area contributed by atoms with Crippen LogP contribution in [-0.4, -0.2) is 62.1 Å². The summed E-state index contributed by atoms with van der Waals surface area (Å²) in [6.07, 6.45) is 3.06. The Morgan fingerprint density at radius 3 is 2.64 bits per heavy atom. The van der Waals surface area contributed by atoms with Crippen molar-refractivity contribution in [3.05, 3.63) is 59.9 Å². The van der Waals surface area contributed by atoms with Crippen LogP contribution in [0.25, 0.3) is 22.1 Å². The molecule has 1 aromatic heterocycles.